The summed E-state index contributed by atoms with van der Waals surface area (Å²) in [5.41, 5.74) is 5.83. The molecule has 9 nitrogen and oxygen atoms in total. The fraction of sp³-hybridized carbons (Fsp3) is 0.409. The van der Waals surface area contributed by atoms with E-state index in [-0.39, 0.29) is 5.56 Å². The Labute approximate surface area is 180 Å². The number of anilines is 1. The maximum atomic E-state index is 11.5. The van der Waals surface area contributed by atoms with E-state index in [0.29, 0.717) is 5.95 Å². The highest BCUT2D eigenvalue weighted by Gasteiger charge is 2.25. The molecule has 0 atom stereocenters. The van der Waals surface area contributed by atoms with E-state index in [1.165, 1.54) is 34.6 Å². The fourth-order valence-electron chi connectivity index (χ4n) is 4.55. The van der Waals surface area contributed by atoms with Crippen LogP contribution in [0.5, 0.6) is 0 Å². The Balaban J connectivity index is 1.42. The first-order valence-corrected chi connectivity index (χ1v) is 10.6. The number of nitrogens with one attached hydrogen (secondary N) is 1. The molecule has 2 aromatic heterocycles. The van der Waals surface area contributed by atoms with Crippen LogP contribution in [0.15, 0.2) is 36.7 Å². The second-order valence-corrected chi connectivity index (χ2v) is 7.93. The van der Waals surface area contributed by atoms with Crippen molar-refractivity contribution in [3.63, 3.8) is 0 Å². The van der Waals surface area contributed by atoms with Crippen LogP contribution in [0, 0.1) is 0 Å². The minimum Gasteiger partial charge on any atom is -0.379 e. The second kappa shape index (κ2) is 8.62. The van der Waals surface area contributed by atoms with Gasteiger partial charge >= 0.3 is 0 Å². The number of fused-ring (bicyclic) bond motifs is 3. The summed E-state index contributed by atoms with van der Waals surface area (Å²) in [5, 5.41) is 10.1. The number of ether oxygens (including phenoxy) is 1. The van der Waals surface area contributed by atoms with Gasteiger partial charge in [-0.3, -0.25) is 14.9 Å². The number of hydrogen-bond donors (Lipinski definition) is 2. The summed E-state index contributed by atoms with van der Waals surface area (Å²) in [6.45, 7) is 7.04. The molecular weight excluding hydrogens is 396 g/mol. The molecule has 2 N–H and O–H groups in total. The molecule has 0 unspecified atom stereocenters. The summed E-state index contributed by atoms with van der Waals surface area (Å²) in [5.74, 6) is -0.0270. The number of morpholine rings is 1. The Morgan fingerprint density at radius 3 is 2.65 bits per heavy atom. The molecule has 1 saturated heterocycles. The van der Waals surface area contributed by atoms with Gasteiger partial charge in [0.2, 0.25) is 5.95 Å². The molecule has 0 spiro atoms. The van der Waals surface area contributed by atoms with Crippen molar-refractivity contribution in [2.45, 2.75) is 19.5 Å². The molecular formula is C22H26N6O3. The molecule has 31 heavy (non-hydrogen) atoms. The van der Waals surface area contributed by atoms with E-state index in [9.17, 15) is 4.79 Å². The average molecular weight is 422 g/mol. The number of aromatic nitrogens is 3. The van der Waals surface area contributed by atoms with E-state index in [0.717, 1.165) is 58.9 Å². The molecule has 1 amide bonds. The highest BCUT2D eigenvalue weighted by atomic mass is 16.5. The molecule has 0 aliphatic carbocycles. The first kappa shape index (κ1) is 19.9. The lowest BCUT2D eigenvalue weighted by atomic mass is 10.0. The lowest BCUT2D eigenvalue weighted by molar-refractivity contribution is 0.0364. The quantitative estimate of drug-likeness (QED) is 0.475. The Kier molecular flexibility index (Phi) is 5.54. The molecule has 0 bridgehead atoms. The fourth-order valence-corrected chi connectivity index (χ4v) is 4.55. The lowest BCUT2D eigenvalue weighted by Gasteiger charge is -2.30. The third-order valence-electron chi connectivity index (χ3n) is 6.19. The van der Waals surface area contributed by atoms with Crippen molar-refractivity contribution in [2.24, 2.45) is 0 Å². The van der Waals surface area contributed by atoms with Crippen molar-refractivity contribution in [3.05, 3.63) is 53.5 Å². The van der Waals surface area contributed by atoms with Crippen molar-refractivity contribution in [2.75, 3.05) is 44.3 Å². The van der Waals surface area contributed by atoms with Gasteiger partial charge in [-0.05, 0) is 18.1 Å². The van der Waals surface area contributed by atoms with E-state index < -0.39 is 5.91 Å². The number of carbonyl (C=O) groups is 1. The Morgan fingerprint density at radius 1 is 1.10 bits per heavy atom. The maximum Gasteiger partial charge on any atom is 0.277 e. The van der Waals surface area contributed by atoms with E-state index >= 15 is 0 Å². The van der Waals surface area contributed by atoms with Gasteiger partial charge in [0.25, 0.3) is 5.91 Å². The van der Waals surface area contributed by atoms with Crippen molar-refractivity contribution in [1.82, 2.24) is 24.9 Å². The number of rotatable bonds is 5. The third-order valence-corrected chi connectivity index (χ3v) is 6.19. The highest BCUT2D eigenvalue weighted by molar-refractivity contribution is 5.92. The van der Waals surface area contributed by atoms with E-state index in [4.69, 9.17) is 9.94 Å². The standard InChI is InChI=1S/C22H26N6O3/c29-21(25-30)16-13-23-22(24-14-16)27-6-5-18-17-3-1-2-4-19(17)28(20(18)15-27)8-7-26-9-11-31-12-10-26/h1-4,13-14,30H,5-12,15H2,(H,25,29). The van der Waals surface area contributed by atoms with Crippen LogP contribution < -0.4 is 10.4 Å². The minimum atomic E-state index is -0.615. The number of nitrogens with zero attached hydrogens (tertiary/aromatic N) is 5. The Morgan fingerprint density at radius 2 is 1.87 bits per heavy atom. The normalized spacial score (nSPS) is 17.0. The van der Waals surface area contributed by atoms with Gasteiger partial charge in [-0.1, -0.05) is 18.2 Å². The van der Waals surface area contributed by atoms with Crippen molar-refractivity contribution in [1.29, 1.82) is 0 Å². The van der Waals surface area contributed by atoms with Crippen LogP contribution in [0.3, 0.4) is 0 Å². The number of benzene rings is 1. The summed E-state index contributed by atoms with van der Waals surface area (Å²) < 4.78 is 7.93. The summed E-state index contributed by atoms with van der Waals surface area (Å²) in [7, 11) is 0. The van der Waals surface area contributed by atoms with Crippen LogP contribution in [0.4, 0.5) is 5.95 Å². The predicted molar refractivity (Wildman–Crippen MR) is 115 cm³/mol. The van der Waals surface area contributed by atoms with Crippen molar-refractivity contribution in [3.8, 4) is 0 Å². The molecule has 0 saturated carbocycles. The molecule has 1 fully saturated rings. The van der Waals surface area contributed by atoms with Crippen LogP contribution in [-0.4, -0.2) is 69.9 Å². The molecule has 4 heterocycles. The zero-order chi connectivity index (χ0) is 21.2. The summed E-state index contributed by atoms with van der Waals surface area (Å²) in [4.78, 5) is 24.9. The lowest BCUT2D eigenvalue weighted by Crippen LogP contribution is -2.38. The van der Waals surface area contributed by atoms with Crippen LogP contribution in [0.25, 0.3) is 10.9 Å². The highest BCUT2D eigenvalue weighted by Crippen LogP contribution is 2.32. The zero-order valence-electron chi connectivity index (χ0n) is 17.3. The van der Waals surface area contributed by atoms with Gasteiger partial charge in [-0.15, -0.1) is 0 Å². The van der Waals surface area contributed by atoms with E-state index in [1.807, 2.05) is 0 Å². The van der Waals surface area contributed by atoms with Gasteiger partial charge in [-0.2, -0.15) is 0 Å². The predicted octanol–water partition coefficient (Wildman–Crippen LogP) is 1.45. The molecule has 3 aromatic rings. The minimum absolute atomic E-state index is 0.226. The van der Waals surface area contributed by atoms with Gasteiger partial charge in [-0.25, -0.2) is 15.4 Å². The zero-order valence-corrected chi connectivity index (χ0v) is 17.3. The molecule has 5 rings (SSSR count). The molecule has 2 aliphatic rings. The van der Waals surface area contributed by atoms with Crippen LogP contribution >= 0.6 is 0 Å². The molecule has 162 valence electrons. The van der Waals surface area contributed by atoms with Gasteiger partial charge < -0.3 is 14.2 Å². The van der Waals surface area contributed by atoms with E-state index in [2.05, 4.69) is 48.6 Å². The first-order chi connectivity index (χ1) is 15.2. The first-order valence-electron chi connectivity index (χ1n) is 10.6. The smallest absolute Gasteiger partial charge is 0.277 e. The number of para-hydroxylation sites is 1. The summed E-state index contributed by atoms with van der Waals surface area (Å²) in [6.07, 6.45) is 3.80. The monoisotopic (exact) mass is 422 g/mol. The van der Waals surface area contributed by atoms with Crippen LogP contribution in [0.2, 0.25) is 0 Å². The van der Waals surface area contributed by atoms with Crippen LogP contribution in [0.1, 0.15) is 21.6 Å². The third kappa shape index (κ3) is 3.87. The van der Waals surface area contributed by atoms with Crippen molar-refractivity contribution >= 4 is 22.8 Å². The van der Waals surface area contributed by atoms with Gasteiger partial charge in [0, 0.05) is 61.7 Å². The SMILES string of the molecule is O=C(NO)c1cnc(N2CCc3c(n(CCN4CCOCC4)c4ccccc34)C2)nc1. The van der Waals surface area contributed by atoms with Gasteiger partial charge in [0.1, 0.15) is 0 Å². The number of hydroxylamine groups is 1. The maximum absolute atomic E-state index is 11.5. The molecule has 9 heteroatoms. The topological polar surface area (TPSA) is 95.7 Å². The van der Waals surface area contributed by atoms with Crippen molar-refractivity contribution < 1.29 is 14.7 Å². The molecule has 2 aliphatic heterocycles. The number of amides is 1. The van der Waals surface area contributed by atoms with Gasteiger partial charge in [0.05, 0.1) is 25.3 Å². The van der Waals surface area contributed by atoms with Gasteiger partial charge in [0.15, 0.2) is 0 Å². The largest absolute Gasteiger partial charge is 0.379 e. The summed E-state index contributed by atoms with van der Waals surface area (Å²) in [6, 6.07) is 8.63. The molecule has 0 radical (unpaired) electrons. The van der Waals surface area contributed by atoms with E-state index in [1.54, 1.807) is 5.48 Å². The number of carbonyl (C=O) groups excluding carboxylic acids is 1. The average Bonchev–Trinajstić information content (AvgIpc) is 3.16. The van der Waals surface area contributed by atoms with Crippen LogP contribution in [-0.2, 0) is 24.2 Å². The molecule has 1 aromatic carbocycles. The Hall–Kier alpha value is -3.01. The Bertz CT molecular complexity index is 1070. The second-order valence-electron chi connectivity index (χ2n) is 7.93. The summed E-state index contributed by atoms with van der Waals surface area (Å²) >= 11 is 0. The number of hydrogen-bond acceptors (Lipinski definition) is 7.